The predicted molar refractivity (Wildman–Crippen MR) is 105 cm³/mol. The molecule has 1 aliphatic rings. The molecular formula is C18H23N5OS2. The molecule has 1 amide bonds. The van der Waals surface area contributed by atoms with E-state index in [0.29, 0.717) is 16.5 Å². The number of hydrogen-bond acceptors (Lipinski definition) is 6. The Kier molecular flexibility index (Phi) is 5.99. The van der Waals surface area contributed by atoms with Crippen LogP contribution in [0.2, 0.25) is 0 Å². The first-order chi connectivity index (χ1) is 12.5. The fourth-order valence-electron chi connectivity index (χ4n) is 3.20. The first kappa shape index (κ1) is 18.9. The summed E-state index contributed by atoms with van der Waals surface area (Å²) in [6.07, 6.45) is 4.02. The van der Waals surface area contributed by atoms with Gasteiger partial charge < -0.3 is 9.88 Å². The predicted octanol–water partition coefficient (Wildman–Crippen LogP) is 3.79. The number of nitrogens with one attached hydrogen (secondary N) is 1. The largest absolute Gasteiger partial charge is 0.316 e. The molecule has 3 rings (SSSR count). The zero-order valence-corrected chi connectivity index (χ0v) is 17.0. The van der Waals surface area contributed by atoms with Crippen molar-refractivity contribution in [2.24, 2.45) is 5.92 Å². The summed E-state index contributed by atoms with van der Waals surface area (Å²) >= 11 is 2.94. The smallest absolute Gasteiger partial charge is 0.235 e. The molecule has 2 aromatic rings. The number of thiophene rings is 1. The van der Waals surface area contributed by atoms with E-state index >= 15 is 0 Å². The summed E-state index contributed by atoms with van der Waals surface area (Å²) in [6.45, 7) is 7.10. The monoisotopic (exact) mass is 389 g/mol. The number of hydrogen-bond donors (Lipinski definition) is 1. The van der Waals surface area contributed by atoms with Crippen molar-refractivity contribution < 1.29 is 4.79 Å². The molecule has 0 spiro atoms. The molecule has 1 aliphatic carbocycles. The van der Waals surface area contributed by atoms with Crippen LogP contribution < -0.4 is 5.32 Å². The molecule has 0 fully saturated rings. The number of anilines is 1. The molecule has 26 heavy (non-hydrogen) atoms. The highest BCUT2D eigenvalue weighted by molar-refractivity contribution is 7.99. The zero-order chi connectivity index (χ0) is 18.7. The van der Waals surface area contributed by atoms with Crippen molar-refractivity contribution in [1.82, 2.24) is 14.8 Å². The Morgan fingerprint density at radius 1 is 1.50 bits per heavy atom. The van der Waals surface area contributed by atoms with Crippen molar-refractivity contribution in [2.75, 3.05) is 11.1 Å². The molecule has 2 heterocycles. The van der Waals surface area contributed by atoms with Crippen LogP contribution in [-0.2, 0) is 24.2 Å². The third kappa shape index (κ3) is 3.94. The standard InChI is InChI=1S/C18H23N5OS2/c1-4-7-23-12(3)21-22-18(23)25-10-16(24)20-17-14(9-19)13-6-5-11(2)8-15(13)26-17/h11H,4-8,10H2,1-3H3,(H,20,24)/t11-/m0/s1. The second kappa shape index (κ2) is 8.23. The van der Waals surface area contributed by atoms with E-state index in [-0.39, 0.29) is 11.7 Å². The van der Waals surface area contributed by atoms with Crippen LogP contribution in [-0.4, -0.2) is 26.4 Å². The molecule has 0 saturated heterocycles. The van der Waals surface area contributed by atoms with Crippen LogP contribution in [0.15, 0.2) is 5.16 Å². The second-order valence-corrected chi connectivity index (χ2v) is 8.73. The van der Waals surface area contributed by atoms with E-state index < -0.39 is 0 Å². The van der Waals surface area contributed by atoms with Crippen molar-refractivity contribution >= 4 is 34.0 Å². The number of amides is 1. The Morgan fingerprint density at radius 3 is 3.04 bits per heavy atom. The summed E-state index contributed by atoms with van der Waals surface area (Å²) in [7, 11) is 0. The third-order valence-electron chi connectivity index (χ3n) is 4.56. The van der Waals surface area contributed by atoms with Crippen molar-refractivity contribution in [1.29, 1.82) is 5.26 Å². The number of aryl methyl sites for hydroxylation is 1. The fourth-order valence-corrected chi connectivity index (χ4v) is 5.39. The van der Waals surface area contributed by atoms with Crippen molar-refractivity contribution in [3.8, 4) is 6.07 Å². The highest BCUT2D eigenvalue weighted by Gasteiger charge is 2.24. The van der Waals surface area contributed by atoms with Crippen molar-refractivity contribution in [2.45, 2.75) is 58.2 Å². The van der Waals surface area contributed by atoms with Gasteiger partial charge in [-0.2, -0.15) is 5.26 Å². The van der Waals surface area contributed by atoms with E-state index in [1.807, 2.05) is 11.5 Å². The van der Waals surface area contributed by atoms with Gasteiger partial charge in [0.05, 0.1) is 11.3 Å². The molecule has 0 bridgehead atoms. The Labute approximate surface area is 162 Å². The minimum Gasteiger partial charge on any atom is -0.316 e. The normalized spacial score (nSPS) is 16.2. The molecule has 0 saturated carbocycles. The highest BCUT2D eigenvalue weighted by atomic mass is 32.2. The number of nitriles is 1. The lowest BCUT2D eigenvalue weighted by Gasteiger charge is -2.17. The second-order valence-electron chi connectivity index (χ2n) is 6.69. The van der Waals surface area contributed by atoms with Crippen LogP contribution in [0.3, 0.4) is 0 Å². The minimum atomic E-state index is -0.109. The Hall–Kier alpha value is -1.85. The lowest BCUT2D eigenvalue weighted by Crippen LogP contribution is -2.15. The lowest BCUT2D eigenvalue weighted by molar-refractivity contribution is -0.113. The van der Waals surface area contributed by atoms with E-state index in [0.717, 1.165) is 48.8 Å². The maximum atomic E-state index is 12.4. The molecule has 8 heteroatoms. The van der Waals surface area contributed by atoms with Crippen LogP contribution in [0.4, 0.5) is 5.00 Å². The van der Waals surface area contributed by atoms with Crippen LogP contribution >= 0.6 is 23.1 Å². The van der Waals surface area contributed by atoms with Gasteiger partial charge in [-0.1, -0.05) is 25.6 Å². The number of carbonyl (C=O) groups is 1. The van der Waals surface area contributed by atoms with Crippen LogP contribution in [0.25, 0.3) is 0 Å². The third-order valence-corrected chi connectivity index (χ3v) is 6.69. The van der Waals surface area contributed by atoms with E-state index in [1.54, 1.807) is 11.3 Å². The molecule has 0 unspecified atom stereocenters. The van der Waals surface area contributed by atoms with E-state index in [2.05, 4.69) is 35.4 Å². The molecule has 138 valence electrons. The van der Waals surface area contributed by atoms with Gasteiger partial charge >= 0.3 is 0 Å². The summed E-state index contributed by atoms with van der Waals surface area (Å²) in [6, 6.07) is 2.29. The Bertz CT molecular complexity index is 849. The molecular weight excluding hydrogens is 366 g/mol. The van der Waals surface area contributed by atoms with Gasteiger partial charge in [0.2, 0.25) is 5.91 Å². The minimum absolute atomic E-state index is 0.109. The number of thioether (sulfide) groups is 1. The van der Waals surface area contributed by atoms with Gasteiger partial charge in [-0.25, -0.2) is 0 Å². The maximum absolute atomic E-state index is 12.4. The van der Waals surface area contributed by atoms with Gasteiger partial charge in [-0.15, -0.1) is 21.5 Å². The van der Waals surface area contributed by atoms with Crippen molar-refractivity contribution in [3.63, 3.8) is 0 Å². The lowest BCUT2D eigenvalue weighted by atomic mass is 9.89. The average molecular weight is 390 g/mol. The van der Waals surface area contributed by atoms with Gasteiger partial charge in [-0.05, 0) is 44.1 Å². The number of carbonyl (C=O) groups excluding carboxylic acids is 1. The summed E-state index contributed by atoms with van der Waals surface area (Å²) < 4.78 is 2.03. The van der Waals surface area contributed by atoms with Crippen LogP contribution in [0, 0.1) is 24.2 Å². The molecule has 6 nitrogen and oxygen atoms in total. The Morgan fingerprint density at radius 2 is 2.31 bits per heavy atom. The zero-order valence-electron chi connectivity index (χ0n) is 15.3. The number of fused-ring (bicyclic) bond motifs is 1. The topological polar surface area (TPSA) is 83.6 Å². The first-order valence-electron chi connectivity index (χ1n) is 8.90. The van der Waals surface area contributed by atoms with Crippen LogP contribution in [0.5, 0.6) is 0 Å². The number of aromatic nitrogens is 3. The number of nitrogens with zero attached hydrogens (tertiary/aromatic N) is 4. The van der Waals surface area contributed by atoms with E-state index in [9.17, 15) is 10.1 Å². The fraction of sp³-hybridized carbons (Fsp3) is 0.556. The first-order valence-corrected chi connectivity index (χ1v) is 10.7. The highest BCUT2D eigenvalue weighted by Crippen LogP contribution is 2.39. The quantitative estimate of drug-likeness (QED) is 0.760. The SMILES string of the molecule is CCCn1c(C)nnc1SCC(=O)Nc1sc2c(c1C#N)CC[C@H](C)C2. The van der Waals surface area contributed by atoms with Gasteiger partial charge in [0.1, 0.15) is 16.9 Å². The van der Waals surface area contributed by atoms with Gasteiger partial charge in [0.15, 0.2) is 5.16 Å². The molecule has 1 N–H and O–H groups in total. The van der Waals surface area contributed by atoms with Crippen molar-refractivity contribution in [3.05, 3.63) is 21.8 Å². The summed E-state index contributed by atoms with van der Waals surface area (Å²) in [5.74, 6) is 1.65. The molecule has 0 aromatic carbocycles. The van der Waals surface area contributed by atoms with Gasteiger partial charge in [0.25, 0.3) is 0 Å². The van der Waals surface area contributed by atoms with E-state index in [1.165, 1.54) is 16.6 Å². The average Bonchev–Trinajstić information content (AvgIpc) is 3.13. The maximum Gasteiger partial charge on any atom is 0.235 e. The van der Waals surface area contributed by atoms with Gasteiger partial charge in [-0.3, -0.25) is 4.79 Å². The number of rotatable bonds is 6. The summed E-state index contributed by atoms with van der Waals surface area (Å²) in [4.78, 5) is 13.7. The Balaban J connectivity index is 1.67. The summed E-state index contributed by atoms with van der Waals surface area (Å²) in [5, 5.41) is 22.2. The van der Waals surface area contributed by atoms with E-state index in [4.69, 9.17) is 0 Å². The molecule has 2 aromatic heterocycles. The molecule has 0 radical (unpaired) electrons. The molecule has 1 atom stereocenters. The molecule has 0 aliphatic heterocycles. The van der Waals surface area contributed by atoms with Crippen LogP contribution in [0.1, 0.15) is 48.5 Å². The summed E-state index contributed by atoms with van der Waals surface area (Å²) in [5.41, 5.74) is 1.79. The van der Waals surface area contributed by atoms with Gasteiger partial charge in [0, 0.05) is 11.4 Å².